The van der Waals surface area contributed by atoms with E-state index in [9.17, 15) is 0 Å². The highest BCUT2D eigenvalue weighted by atomic mass is 16.5. The van der Waals surface area contributed by atoms with Crippen LogP contribution in [0.1, 0.15) is 5.89 Å². The van der Waals surface area contributed by atoms with Crippen molar-refractivity contribution in [2.45, 2.75) is 6.61 Å². The molecule has 7 heteroatoms. The number of H-pyrrole nitrogens is 1. The van der Waals surface area contributed by atoms with Crippen molar-refractivity contribution >= 4 is 0 Å². The van der Waals surface area contributed by atoms with E-state index in [1.807, 2.05) is 0 Å². The normalized spacial score (nSPS) is 10.5. The molecule has 0 aromatic carbocycles. The summed E-state index contributed by atoms with van der Waals surface area (Å²) in [6.45, 7) is 0.293. The van der Waals surface area contributed by atoms with E-state index in [-0.39, 0.29) is 0 Å². The predicted octanol–water partition coefficient (Wildman–Crippen LogP) is 0.00110. The van der Waals surface area contributed by atoms with E-state index < -0.39 is 0 Å². The lowest BCUT2D eigenvalue weighted by Crippen LogP contribution is -1.87. The number of ether oxygens (including phenoxy) is 1. The molecule has 0 radical (unpaired) electrons. The molecule has 0 fully saturated rings. The van der Waals surface area contributed by atoms with Gasteiger partial charge in [-0.05, 0) is 0 Å². The Labute approximate surface area is 73.1 Å². The molecule has 2 heterocycles. The summed E-state index contributed by atoms with van der Waals surface area (Å²) in [5.41, 5.74) is 0. The lowest BCUT2D eigenvalue weighted by atomic mass is 10.6. The molecule has 13 heavy (non-hydrogen) atoms. The number of hydrogen-bond acceptors (Lipinski definition) is 6. The van der Waals surface area contributed by atoms with Gasteiger partial charge in [0, 0.05) is 7.11 Å². The standard InChI is InChI=1S/C6H7N5O2/c1-12-2-4-9-6(11-13-4)5-7-3-8-10-5/h3H,2H2,1H3,(H,7,8,10). The smallest absolute Gasteiger partial charge is 0.253 e. The van der Waals surface area contributed by atoms with Gasteiger partial charge in [-0.1, -0.05) is 5.16 Å². The summed E-state index contributed by atoms with van der Waals surface area (Å²) < 4.78 is 9.67. The summed E-state index contributed by atoms with van der Waals surface area (Å²) in [6.07, 6.45) is 1.38. The molecular formula is C6H7N5O2. The molecule has 0 aliphatic heterocycles. The Bertz CT molecular complexity index is 368. The van der Waals surface area contributed by atoms with Crippen molar-refractivity contribution in [2.24, 2.45) is 0 Å². The van der Waals surface area contributed by atoms with Gasteiger partial charge in [-0.15, -0.1) is 0 Å². The minimum Gasteiger partial charge on any atom is -0.375 e. The molecule has 68 valence electrons. The SMILES string of the molecule is COCc1nc(-c2ncn[nH]2)no1. The van der Waals surface area contributed by atoms with Crippen molar-refractivity contribution in [3.63, 3.8) is 0 Å². The number of nitrogens with one attached hydrogen (secondary N) is 1. The largest absolute Gasteiger partial charge is 0.375 e. The maximum atomic E-state index is 4.85. The summed E-state index contributed by atoms with van der Waals surface area (Å²) >= 11 is 0. The third kappa shape index (κ3) is 1.54. The summed E-state index contributed by atoms with van der Waals surface area (Å²) in [5, 5.41) is 9.96. The van der Waals surface area contributed by atoms with Crippen LogP contribution in [-0.2, 0) is 11.3 Å². The van der Waals surface area contributed by atoms with Crippen molar-refractivity contribution in [1.29, 1.82) is 0 Å². The van der Waals surface area contributed by atoms with E-state index in [0.29, 0.717) is 24.1 Å². The molecular weight excluding hydrogens is 174 g/mol. The van der Waals surface area contributed by atoms with Gasteiger partial charge < -0.3 is 9.26 Å². The van der Waals surface area contributed by atoms with Crippen molar-refractivity contribution in [2.75, 3.05) is 7.11 Å². The van der Waals surface area contributed by atoms with Crippen LogP contribution in [0, 0.1) is 0 Å². The Hall–Kier alpha value is -1.76. The van der Waals surface area contributed by atoms with Crippen LogP contribution in [0.5, 0.6) is 0 Å². The van der Waals surface area contributed by atoms with E-state index in [0.717, 1.165) is 0 Å². The van der Waals surface area contributed by atoms with Gasteiger partial charge in [-0.3, -0.25) is 5.10 Å². The molecule has 2 aromatic heterocycles. The van der Waals surface area contributed by atoms with E-state index in [4.69, 9.17) is 9.26 Å². The number of nitrogens with zero attached hydrogens (tertiary/aromatic N) is 4. The third-order valence-corrected chi connectivity index (χ3v) is 1.36. The molecule has 2 aromatic rings. The Morgan fingerprint density at radius 2 is 2.54 bits per heavy atom. The van der Waals surface area contributed by atoms with Crippen LogP contribution in [0.2, 0.25) is 0 Å². The van der Waals surface area contributed by atoms with Crippen LogP contribution in [0.15, 0.2) is 10.9 Å². The second-order valence-corrected chi connectivity index (χ2v) is 2.28. The maximum Gasteiger partial charge on any atom is 0.253 e. The van der Waals surface area contributed by atoms with Crippen molar-refractivity contribution in [1.82, 2.24) is 25.3 Å². The quantitative estimate of drug-likeness (QED) is 0.716. The molecule has 0 atom stereocenters. The highest BCUT2D eigenvalue weighted by Gasteiger charge is 2.09. The molecule has 0 aliphatic carbocycles. The van der Waals surface area contributed by atoms with Crippen molar-refractivity contribution < 1.29 is 9.26 Å². The Kier molecular flexibility index (Phi) is 2.01. The fraction of sp³-hybridized carbons (Fsp3) is 0.333. The van der Waals surface area contributed by atoms with Crippen LogP contribution in [0.4, 0.5) is 0 Å². The Morgan fingerprint density at radius 1 is 1.62 bits per heavy atom. The number of hydrogen-bond donors (Lipinski definition) is 1. The predicted molar refractivity (Wildman–Crippen MR) is 40.4 cm³/mol. The molecule has 2 rings (SSSR count). The van der Waals surface area contributed by atoms with Crippen LogP contribution in [-0.4, -0.2) is 32.4 Å². The van der Waals surface area contributed by atoms with Gasteiger partial charge in [0.25, 0.3) is 5.89 Å². The van der Waals surface area contributed by atoms with E-state index in [1.54, 1.807) is 7.11 Å². The van der Waals surface area contributed by atoms with Crippen molar-refractivity contribution in [3.05, 3.63) is 12.2 Å². The number of rotatable bonds is 3. The zero-order chi connectivity index (χ0) is 9.10. The average Bonchev–Trinajstić information content (AvgIpc) is 2.70. The fourth-order valence-electron chi connectivity index (χ4n) is 0.846. The Balaban J connectivity index is 2.23. The van der Waals surface area contributed by atoms with E-state index in [1.165, 1.54) is 6.33 Å². The van der Waals surface area contributed by atoms with Crippen molar-refractivity contribution in [3.8, 4) is 11.6 Å². The minimum absolute atomic E-state index is 0.293. The van der Waals surface area contributed by atoms with Gasteiger partial charge in [-0.25, -0.2) is 4.98 Å². The molecule has 1 N–H and O–H groups in total. The molecule has 0 aliphatic rings. The first-order chi connectivity index (χ1) is 6.40. The molecule has 0 amide bonds. The minimum atomic E-state index is 0.293. The summed E-state index contributed by atoms with van der Waals surface area (Å²) in [7, 11) is 1.55. The van der Waals surface area contributed by atoms with Gasteiger partial charge >= 0.3 is 0 Å². The fourth-order valence-corrected chi connectivity index (χ4v) is 0.846. The summed E-state index contributed by atoms with van der Waals surface area (Å²) in [5.74, 6) is 1.27. The van der Waals surface area contributed by atoms with Gasteiger partial charge in [0.2, 0.25) is 5.82 Å². The lowest BCUT2D eigenvalue weighted by Gasteiger charge is -1.86. The first-order valence-corrected chi connectivity index (χ1v) is 3.57. The van der Waals surface area contributed by atoms with Crippen LogP contribution in [0.25, 0.3) is 11.6 Å². The molecule has 7 nitrogen and oxygen atoms in total. The molecule has 0 unspecified atom stereocenters. The average molecular weight is 181 g/mol. The number of aromatic amines is 1. The summed E-state index contributed by atoms with van der Waals surface area (Å²) in [6, 6.07) is 0. The zero-order valence-corrected chi connectivity index (χ0v) is 6.89. The van der Waals surface area contributed by atoms with E-state index >= 15 is 0 Å². The first kappa shape index (κ1) is 7.87. The van der Waals surface area contributed by atoms with Gasteiger partial charge in [0.15, 0.2) is 5.82 Å². The number of aromatic nitrogens is 5. The van der Waals surface area contributed by atoms with Crippen LogP contribution < -0.4 is 0 Å². The first-order valence-electron chi connectivity index (χ1n) is 3.57. The van der Waals surface area contributed by atoms with Gasteiger partial charge in [-0.2, -0.15) is 10.1 Å². The third-order valence-electron chi connectivity index (χ3n) is 1.36. The summed E-state index contributed by atoms with van der Waals surface area (Å²) in [4.78, 5) is 7.87. The topological polar surface area (TPSA) is 89.7 Å². The molecule has 0 spiro atoms. The monoisotopic (exact) mass is 181 g/mol. The second-order valence-electron chi connectivity index (χ2n) is 2.28. The van der Waals surface area contributed by atoms with Gasteiger partial charge in [0.05, 0.1) is 0 Å². The highest BCUT2D eigenvalue weighted by molar-refractivity contribution is 5.39. The molecule has 0 saturated carbocycles. The Morgan fingerprint density at radius 3 is 3.23 bits per heavy atom. The van der Waals surface area contributed by atoms with Crippen LogP contribution in [0.3, 0.4) is 0 Å². The lowest BCUT2D eigenvalue weighted by molar-refractivity contribution is 0.151. The van der Waals surface area contributed by atoms with E-state index in [2.05, 4.69) is 25.3 Å². The second kappa shape index (κ2) is 3.31. The molecule has 0 bridgehead atoms. The molecule has 0 saturated heterocycles. The number of methoxy groups -OCH3 is 1. The van der Waals surface area contributed by atoms with Crippen LogP contribution >= 0.6 is 0 Å². The zero-order valence-electron chi connectivity index (χ0n) is 6.89. The highest BCUT2D eigenvalue weighted by Crippen LogP contribution is 2.08. The van der Waals surface area contributed by atoms with Gasteiger partial charge in [0.1, 0.15) is 12.9 Å². The maximum absolute atomic E-state index is 4.85.